The number of aryl methyl sites for hydroxylation is 1. The van der Waals surface area contributed by atoms with Gasteiger partial charge >= 0.3 is 5.97 Å². The molecule has 7 nitrogen and oxygen atoms in total. The van der Waals surface area contributed by atoms with Crippen LogP contribution in [0.15, 0.2) is 63.9 Å². The van der Waals surface area contributed by atoms with E-state index in [9.17, 15) is 19.5 Å². The van der Waals surface area contributed by atoms with Crippen LogP contribution in [0.1, 0.15) is 47.0 Å². The molecule has 0 unspecified atom stereocenters. The summed E-state index contributed by atoms with van der Waals surface area (Å²) in [4.78, 5) is 38.2. The molecule has 0 bridgehead atoms. The van der Waals surface area contributed by atoms with Gasteiger partial charge in [-0.15, -0.1) is 0 Å². The standard InChI is InChI=1S/C27H25NO6S/c1-16(2)19-10-8-17(3)14-23(19)33-13-12-28-25(29)24(35-27(28)32)15-18-9-11-22(34-18)20-6-4-5-7-21(20)26(30)31/h4-11,14-16H,12-13H2,1-3H3,(H,30,31)/b24-15-. The van der Waals surface area contributed by atoms with Crippen molar-refractivity contribution in [2.45, 2.75) is 26.7 Å². The SMILES string of the molecule is Cc1ccc(C(C)C)c(OCCN2C(=O)S/C(=C\c3ccc(-c4ccccc4C(=O)O)o3)C2=O)c1. The molecule has 0 aliphatic carbocycles. The molecule has 2 amide bonds. The van der Waals surface area contributed by atoms with Gasteiger partial charge in [-0.2, -0.15) is 0 Å². The van der Waals surface area contributed by atoms with Crippen LogP contribution < -0.4 is 4.74 Å². The molecule has 180 valence electrons. The second kappa shape index (κ2) is 10.2. The van der Waals surface area contributed by atoms with Gasteiger partial charge in [0.05, 0.1) is 17.0 Å². The molecule has 3 aromatic rings. The Bertz CT molecular complexity index is 1320. The largest absolute Gasteiger partial charge is 0.491 e. The van der Waals surface area contributed by atoms with Crippen molar-refractivity contribution in [2.24, 2.45) is 0 Å². The zero-order valence-electron chi connectivity index (χ0n) is 19.6. The molecule has 35 heavy (non-hydrogen) atoms. The lowest BCUT2D eigenvalue weighted by Crippen LogP contribution is -2.32. The van der Waals surface area contributed by atoms with Crippen LogP contribution in [0.3, 0.4) is 0 Å². The molecule has 0 radical (unpaired) electrons. The minimum absolute atomic E-state index is 0.114. The van der Waals surface area contributed by atoms with E-state index in [-0.39, 0.29) is 34.8 Å². The van der Waals surface area contributed by atoms with Crippen molar-refractivity contribution in [1.29, 1.82) is 0 Å². The number of furan rings is 1. The summed E-state index contributed by atoms with van der Waals surface area (Å²) in [5.74, 6) is 0.275. The third-order valence-corrected chi connectivity index (χ3v) is 6.47. The molecule has 4 rings (SSSR count). The first-order valence-corrected chi connectivity index (χ1v) is 12.0. The molecule has 1 fully saturated rings. The first kappa shape index (κ1) is 24.3. The summed E-state index contributed by atoms with van der Waals surface area (Å²) < 4.78 is 11.7. The fourth-order valence-corrected chi connectivity index (χ4v) is 4.62. The number of imide groups is 1. The highest BCUT2D eigenvalue weighted by molar-refractivity contribution is 8.18. The van der Waals surface area contributed by atoms with Crippen molar-refractivity contribution in [1.82, 2.24) is 4.90 Å². The average molecular weight is 492 g/mol. The number of amides is 2. The Balaban J connectivity index is 1.45. The fourth-order valence-electron chi connectivity index (χ4n) is 3.77. The summed E-state index contributed by atoms with van der Waals surface area (Å²) >= 11 is 0.835. The summed E-state index contributed by atoms with van der Waals surface area (Å²) in [6.45, 7) is 6.46. The van der Waals surface area contributed by atoms with Gasteiger partial charge in [-0.1, -0.05) is 44.2 Å². The number of rotatable bonds is 8. The van der Waals surface area contributed by atoms with Gasteiger partial charge in [-0.25, -0.2) is 4.79 Å². The van der Waals surface area contributed by atoms with Crippen molar-refractivity contribution in [3.8, 4) is 17.1 Å². The topological polar surface area (TPSA) is 97.1 Å². The Kier molecular flexibility index (Phi) is 7.12. The molecule has 1 aromatic heterocycles. The van der Waals surface area contributed by atoms with E-state index in [2.05, 4.69) is 13.8 Å². The van der Waals surface area contributed by atoms with Crippen LogP contribution in [0.25, 0.3) is 17.4 Å². The minimum Gasteiger partial charge on any atom is -0.491 e. The Morgan fingerprint density at radius 1 is 1.14 bits per heavy atom. The van der Waals surface area contributed by atoms with Crippen LogP contribution in [-0.2, 0) is 4.79 Å². The van der Waals surface area contributed by atoms with E-state index in [1.54, 1.807) is 30.3 Å². The number of carbonyl (C=O) groups excluding carboxylic acids is 2. The molecule has 0 saturated carbocycles. The number of carbonyl (C=O) groups is 3. The second-order valence-corrected chi connectivity index (χ2v) is 9.42. The normalized spacial score (nSPS) is 14.9. The zero-order valence-corrected chi connectivity index (χ0v) is 20.4. The summed E-state index contributed by atoms with van der Waals surface area (Å²) in [5, 5.41) is 9.03. The third-order valence-electron chi connectivity index (χ3n) is 5.56. The highest BCUT2D eigenvalue weighted by Crippen LogP contribution is 2.34. The number of nitrogens with zero attached hydrogens (tertiary/aromatic N) is 1. The average Bonchev–Trinajstić information content (AvgIpc) is 3.39. The van der Waals surface area contributed by atoms with Crippen LogP contribution in [-0.4, -0.2) is 40.3 Å². The van der Waals surface area contributed by atoms with Crippen LogP contribution in [0.4, 0.5) is 4.79 Å². The maximum Gasteiger partial charge on any atom is 0.336 e. The molecular weight excluding hydrogens is 466 g/mol. The molecule has 1 saturated heterocycles. The van der Waals surface area contributed by atoms with E-state index >= 15 is 0 Å². The number of ether oxygens (including phenoxy) is 1. The molecule has 2 heterocycles. The minimum atomic E-state index is -1.06. The molecule has 0 spiro atoms. The first-order valence-electron chi connectivity index (χ1n) is 11.2. The van der Waals surface area contributed by atoms with Gasteiger partial charge in [0.2, 0.25) is 0 Å². The van der Waals surface area contributed by atoms with E-state index in [0.717, 1.165) is 33.5 Å². The molecule has 1 aliphatic heterocycles. The number of benzene rings is 2. The number of hydrogen-bond acceptors (Lipinski definition) is 6. The summed E-state index contributed by atoms with van der Waals surface area (Å²) in [5.41, 5.74) is 2.69. The van der Waals surface area contributed by atoms with Crippen LogP contribution in [0.5, 0.6) is 5.75 Å². The highest BCUT2D eigenvalue weighted by atomic mass is 32.2. The number of thioether (sulfide) groups is 1. The van der Waals surface area contributed by atoms with Crippen LogP contribution in [0.2, 0.25) is 0 Å². The van der Waals surface area contributed by atoms with E-state index in [1.165, 1.54) is 12.1 Å². The van der Waals surface area contributed by atoms with Crippen molar-refractivity contribution >= 4 is 35.0 Å². The zero-order chi connectivity index (χ0) is 25.1. The maximum atomic E-state index is 12.9. The summed E-state index contributed by atoms with van der Waals surface area (Å²) in [6.07, 6.45) is 1.50. The van der Waals surface area contributed by atoms with Gasteiger partial charge in [0.25, 0.3) is 11.1 Å². The quantitative estimate of drug-likeness (QED) is 0.375. The maximum absolute atomic E-state index is 12.9. The summed E-state index contributed by atoms with van der Waals surface area (Å²) in [6, 6.07) is 15.8. The summed E-state index contributed by atoms with van der Waals surface area (Å²) in [7, 11) is 0. The van der Waals surface area contributed by atoms with Gasteiger partial charge in [-0.3, -0.25) is 14.5 Å². The van der Waals surface area contributed by atoms with E-state index in [0.29, 0.717) is 17.1 Å². The third kappa shape index (κ3) is 5.33. The van der Waals surface area contributed by atoms with Crippen molar-refractivity contribution in [3.63, 3.8) is 0 Å². The van der Waals surface area contributed by atoms with Gasteiger partial charge in [0.15, 0.2) is 0 Å². The highest BCUT2D eigenvalue weighted by Gasteiger charge is 2.35. The van der Waals surface area contributed by atoms with Crippen molar-refractivity contribution in [2.75, 3.05) is 13.2 Å². The smallest absolute Gasteiger partial charge is 0.336 e. The lowest BCUT2D eigenvalue weighted by molar-refractivity contribution is -0.123. The van der Waals surface area contributed by atoms with Gasteiger partial charge in [0, 0.05) is 11.6 Å². The number of carboxylic acid groups (broad SMARTS) is 1. The first-order chi connectivity index (χ1) is 16.7. The van der Waals surface area contributed by atoms with Crippen molar-refractivity contribution < 1.29 is 28.6 Å². The fraction of sp³-hybridized carbons (Fsp3) is 0.222. The molecule has 2 aromatic carbocycles. The Morgan fingerprint density at radius 3 is 2.66 bits per heavy atom. The van der Waals surface area contributed by atoms with E-state index in [4.69, 9.17) is 9.15 Å². The molecule has 0 atom stereocenters. The lowest BCUT2D eigenvalue weighted by atomic mass is 10.0. The lowest BCUT2D eigenvalue weighted by Gasteiger charge is -2.17. The van der Waals surface area contributed by atoms with Crippen LogP contribution in [0, 0.1) is 6.92 Å². The number of hydrogen-bond donors (Lipinski definition) is 1. The van der Waals surface area contributed by atoms with Crippen LogP contribution >= 0.6 is 11.8 Å². The van der Waals surface area contributed by atoms with Gasteiger partial charge < -0.3 is 14.3 Å². The molecule has 1 aliphatic rings. The van der Waals surface area contributed by atoms with E-state index < -0.39 is 11.9 Å². The Hall–Kier alpha value is -3.78. The molecule has 8 heteroatoms. The number of aromatic carboxylic acids is 1. The second-order valence-electron chi connectivity index (χ2n) is 8.43. The Labute approximate surface area is 207 Å². The van der Waals surface area contributed by atoms with Gasteiger partial charge in [-0.05, 0) is 60.0 Å². The number of carboxylic acids is 1. The monoisotopic (exact) mass is 491 g/mol. The van der Waals surface area contributed by atoms with E-state index in [1.807, 2.05) is 25.1 Å². The van der Waals surface area contributed by atoms with Crippen molar-refractivity contribution in [3.05, 3.63) is 82.0 Å². The molecule has 1 N–H and O–H groups in total. The predicted molar refractivity (Wildman–Crippen MR) is 135 cm³/mol. The Morgan fingerprint density at radius 2 is 1.91 bits per heavy atom. The predicted octanol–water partition coefficient (Wildman–Crippen LogP) is 6.19. The molecular formula is C27H25NO6S. The van der Waals surface area contributed by atoms with Gasteiger partial charge in [0.1, 0.15) is 23.9 Å².